The minimum absolute atomic E-state index is 0.0212. The maximum atomic E-state index is 11.4. The highest BCUT2D eigenvalue weighted by atomic mass is 16.6. The molecule has 1 fully saturated rings. The highest BCUT2D eigenvalue weighted by Crippen LogP contribution is 2.25. The van der Waals surface area contributed by atoms with Gasteiger partial charge in [-0.25, -0.2) is 0 Å². The van der Waals surface area contributed by atoms with E-state index in [4.69, 9.17) is 4.74 Å². The van der Waals surface area contributed by atoms with E-state index in [1.165, 1.54) is 0 Å². The van der Waals surface area contributed by atoms with Crippen LogP contribution in [0.4, 0.5) is 0 Å². The fourth-order valence-corrected chi connectivity index (χ4v) is 1.35. The Bertz CT molecular complexity index is 251. The lowest BCUT2D eigenvalue weighted by Gasteiger charge is -2.24. The summed E-state index contributed by atoms with van der Waals surface area (Å²) in [5.41, 5.74) is -0.488. The average Bonchev–Trinajstić information content (AvgIpc) is 1.94. The Morgan fingerprint density at radius 3 is 2.33 bits per heavy atom. The molecule has 1 amide bonds. The molecule has 0 spiro atoms. The lowest BCUT2D eigenvalue weighted by Crippen LogP contribution is -2.39. The van der Waals surface area contributed by atoms with Gasteiger partial charge in [-0.3, -0.25) is 9.59 Å². The monoisotopic (exact) mass is 213 g/mol. The molecule has 86 valence electrons. The van der Waals surface area contributed by atoms with Crippen LogP contribution in [-0.2, 0) is 14.3 Å². The van der Waals surface area contributed by atoms with Crippen LogP contribution in [0.3, 0.4) is 0 Å². The van der Waals surface area contributed by atoms with E-state index in [1.54, 1.807) is 20.8 Å². The minimum atomic E-state index is -0.488. The molecule has 0 radical (unpaired) electrons. The van der Waals surface area contributed by atoms with Crippen LogP contribution in [-0.4, -0.2) is 24.0 Å². The van der Waals surface area contributed by atoms with Gasteiger partial charge in [-0.05, 0) is 33.6 Å². The molecule has 0 saturated heterocycles. The van der Waals surface area contributed by atoms with E-state index in [-0.39, 0.29) is 24.3 Å². The lowest BCUT2D eigenvalue weighted by molar-refractivity contribution is -0.154. The molecule has 1 saturated carbocycles. The Labute approximate surface area is 90.4 Å². The first-order valence-corrected chi connectivity index (χ1v) is 5.38. The summed E-state index contributed by atoms with van der Waals surface area (Å²) in [4.78, 5) is 22.6. The Morgan fingerprint density at radius 2 is 1.93 bits per heavy atom. The van der Waals surface area contributed by atoms with Gasteiger partial charge in [0.15, 0.2) is 0 Å². The molecule has 0 bridgehead atoms. The first-order valence-electron chi connectivity index (χ1n) is 5.38. The first kappa shape index (κ1) is 12.0. The third-order valence-electron chi connectivity index (χ3n) is 2.30. The Balaban J connectivity index is 2.18. The molecule has 1 aliphatic rings. The summed E-state index contributed by atoms with van der Waals surface area (Å²) in [5, 5.41) is 2.59. The second kappa shape index (κ2) is 4.64. The van der Waals surface area contributed by atoms with Crippen molar-refractivity contribution in [3.63, 3.8) is 0 Å². The van der Waals surface area contributed by atoms with Crippen LogP contribution >= 0.6 is 0 Å². The zero-order chi connectivity index (χ0) is 11.5. The second-order valence-corrected chi connectivity index (χ2v) is 4.93. The maximum Gasteiger partial charge on any atom is 0.325 e. The summed E-state index contributed by atoms with van der Waals surface area (Å²) < 4.78 is 5.07. The van der Waals surface area contributed by atoms with Crippen molar-refractivity contribution in [3.05, 3.63) is 0 Å². The molecular formula is C11H19NO3. The fourth-order valence-electron chi connectivity index (χ4n) is 1.35. The smallest absolute Gasteiger partial charge is 0.325 e. The van der Waals surface area contributed by atoms with E-state index in [0.29, 0.717) is 0 Å². The van der Waals surface area contributed by atoms with E-state index in [1.807, 2.05) is 0 Å². The van der Waals surface area contributed by atoms with Gasteiger partial charge in [0, 0.05) is 5.92 Å². The van der Waals surface area contributed by atoms with Gasteiger partial charge in [-0.2, -0.15) is 0 Å². The third kappa shape index (κ3) is 4.32. The van der Waals surface area contributed by atoms with Crippen molar-refractivity contribution in [1.29, 1.82) is 0 Å². The van der Waals surface area contributed by atoms with Crippen molar-refractivity contribution in [3.8, 4) is 0 Å². The zero-order valence-corrected chi connectivity index (χ0v) is 9.63. The third-order valence-corrected chi connectivity index (χ3v) is 2.30. The highest BCUT2D eigenvalue weighted by Gasteiger charge is 2.25. The van der Waals surface area contributed by atoms with Gasteiger partial charge in [0.2, 0.25) is 5.91 Å². The number of rotatable bonds is 3. The molecule has 0 aromatic carbocycles. The number of hydrogen-bond acceptors (Lipinski definition) is 3. The zero-order valence-electron chi connectivity index (χ0n) is 9.63. The Morgan fingerprint density at radius 1 is 1.33 bits per heavy atom. The number of ether oxygens (including phenoxy) is 1. The van der Waals surface area contributed by atoms with Gasteiger partial charge >= 0.3 is 5.97 Å². The van der Waals surface area contributed by atoms with Crippen LogP contribution in [0.15, 0.2) is 0 Å². The van der Waals surface area contributed by atoms with Gasteiger partial charge in [-0.15, -0.1) is 0 Å². The molecule has 4 heteroatoms. The summed E-state index contributed by atoms with van der Waals surface area (Å²) in [7, 11) is 0. The van der Waals surface area contributed by atoms with Crippen LogP contribution in [0.25, 0.3) is 0 Å². The van der Waals surface area contributed by atoms with Gasteiger partial charge < -0.3 is 10.1 Å². The van der Waals surface area contributed by atoms with E-state index >= 15 is 0 Å². The van der Waals surface area contributed by atoms with Crippen molar-refractivity contribution in [1.82, 2.24) is 5.32 Å². The van der Waals surface area contributed by atoms with E-state index < -0.39 is 5.60 Å². The molecule has 0 atom stereocenters. The van der Waals surface area contributed by atoms with Crippen molar-refractivity contribution in [2.75, 3.05) is 6.54 Å². The topological polar surface area (TPSA) is 55.4 Å². The molecule has 0 aliphatic heterocycles. The number of esters is 1. The quantitative estimate of drug-likeness (QED) is 0.718. The number of amides is 1. The van der Waals surface area contributed by atoms with Gasteiger partial charge in [0.25, 0.3) is 0 Å². The van der Waals surface area contributed by atoms with Gasteiger partial charge in [-0.1, -0.05) is 6.42 Å². The normalized spacial score (nSPS) is 16.7. The summed E-state index contributed by atoms with van der Waals surface area (Å²) in [6.45, 7) is 5.39. The lowest BCUT2D eigenvalue weighted by atomic mass is 9.85. The molecule has 4 nitrogen and oxygen atoms in total. The molecule has 1 aliphatic carbocycles. The van der Waals surface area contributed by atoms with E-state index in [0.717, 1.165) is 19.3 Å². The SMILES string of the molecule is CC(C)(C)OC(=O)CNC(=O)C1CCC1. The van der Waals surface area contributed by atoms with Crippen molar-refractivity contribution < 1.29 is 14.3 Å². The van der Waals surface area contributed by atoms with Gasteiger partial charge in [0.1, 0.15) is 12.1 Å². The summed E-state index contributed by atoms with van der Waals surface area (Å²) in [6, 6.07) is 0. The summed E-state index contributed by atoms with van der Waals surface area (Å²) in [6.07, 6.45) is 3.00. The first-order chi connectivity index (χ1) is 6.88. The van der Waals surface area contributed by atoms with Crippen molar-refractivity contribution in [2.24, 2.45) is 5.92 Å². The van der Waals surface area contributed by atoms with Crippen LogP contribution in [0.2, 0.25) is 0 Å². The molecule has 1 rings (SSSR count). The molecule has 0 aromatic heterocycles. The molecule has 0 aromatic rings. The summed E-state index contributed by atoms with van der Waals surface area (Å²) in [5.74, 6) is -0.283. The number of hydrogen-bond donors (Lipinski definition) is 1. The second-order valence-electron chi connectivity index (χ2n) is 4.93. The summed E-state index contributed by atoms with van der Waals surface area (Å²) >= 11 is 0. The number of carbonyl (C=O) groups excluding carboxylic acids is 2. The van der Waals surface area contributed by atoms with Gasteiger partial charge in [0.05, 0.1) is 0 Å². The molecule has 0 heterocycles. The molecule has 0 unspecified atom stereocenters. The number of carbonyl (C=O) groups is 2. The van der Waals surface area contributed by atoms with Crippen LogP contribution < -0.4 is 5.32 Å². The van der Waals surface area contributed by atoms with E-state index in [9.17, 15) is 9.59 Å². The molecule has 1 N–H and O–H groups in total. The standard InChI is InChI=1S/C11H19NO3/c1-11(2,3)15-9(13)7-12-10(14)8-5-4-6-8/h8H,4-7H2,1-3H3,(H,12,14). The van der Waals surface area contributed by atoms with Crippen molar-refractivity contribution in [2.45, 2.75) is 45.6 Å². The van der Waals surface area contributed by atoms with Crippen LogP contribution in [0.5, 0.6) is 0 Å². The highest BCUT2D eigenvalue weighted by molar-refractivity contribution is 5.84. The average molecular weight is 213 g/mol. The maximum absolute atomic E-state index is 11.4. The fraction of sp³-hybridized carbons (Fsp3) is 0.818. The molecule has 15 heavy (non-hydrogen) atoms. The Hall–Kier alpha value is -1.06. The molecular weight excluding hydrogens is 194 g/mol. The predicted octanol–water partition coefficient (Wildman–Crippen LogP) is 1.24. The van der Waals surface area contributed by atoms with Crippen LogP contribution in [0, 0.1) is 5.92 Å². The van der Waals surface area contributed by atoms with Crippen molar-refractivity contribution >= 4 is 11.9 Å². The minimum Gasteiger partial charge on any atom is -0.459 e. The van der Waals surface area contributed by atoms with Crippen LogP contribution in [0.1, 0.15) is 40.0 Å². The Kier molecular flexibility index (Phi) is 3.72. The van der Waals surface area contributed by atoms with E-state index in [2.05, 4.69) is 5.32 Å². The largest absolute Gasteiger partial charge is 0.459 e. The predicted molar refractivity (Wildman–Crippen MR) is 56.2 cm³/mol. The number of nitrogens with one attached hydrogen (secondary N) is 1.